The lowest BCUT2D eigenvalue weighted by Crippen LogP contribution is -2.61. The van der Waals surface area contributed by atoms with Crippen molar-refractivity contribution in [2.24, 2.45) is 23.7 Å². The number of likely N-dealkylation sites (N-methyl/N-ethyl adjacent to an activating group) is 1. The van der Waals surface area contributed by atoms with Crippen LogP contribution in [-0.2, 0) is 38.0 Å². The van der Waals surface area contributed by atoms with Crippen LogP contribution in [-0.4, -0.2) is 148 Å². The zero-order valence-electron chi connectivity index (χ0n) is 35.4. The van der Waals surface area contributed by atoms with E-state index in [1.807, 2.05) is 0 Å². The third kappa shape index (κ3) is 9.51. The van der Waals surface area contributed by atoms with Gasteiger partial charge in [0.1, 0.15) is 29.7 Å². The standard InChI is InChI=1S/C37H67NO13/c1-14-25-37(10,45)30(41)20(4)27(39)18(2)16-35(8,44)32(51-34-28(40)24(38(11)12)15-19(3)47-34)21(5)29(22(6)33(43)49-25)50-26-17-36(9,46-13)31(42)23(7)48-26/h18-26,28-32,34,40-42,44-45H,14-17H2,1-13H3/t18-,19-,20?,21+,22-,23+,24+,25?,26+,28-,29?,30-,31+,32-,34+,35-,36-,37-/m1/s1/i11+1D3. The molecule has 0 aromatic rings. The molecule has 3 fully saturated rings. The highest BCUT2D eigenvalue weighted by atomic mass is 16.7. The minimum absolute atomic E-state index is 0.0366. The molecule has 3 saturated heterocycles. The van der Waals surface area contributed by atoms with E-state index >= 15 is 0 Å². The second-order valence-corrected chi connectivity index (χ2v) is 16.1. The van der Waals surface area contributed by atoms with E-state index in [4.69, 9.17) is 32.5 Å². The van der Waals surface area contributed by atoms with Gasteiger partial charge in [-0.3, -0.25) is 9.59 Å². The Bertz CT molecular complexity index is 1270. The number of Topliss-reactive ketones (excluding diaryl/α,β-unsaturated/α-hetero) is 1. The van der Waals surface area contributed by atoms with Crippen LogP contribution in [0.5, 0.6) is 0 Å². The summed E-state index contributed by atoms with van der Waals surface area (Å²) in [5.74, 6) is -5.45. The van der Waals surface area contributed by atoms with Crippen LogP contribution in [0.2, 0.25) is 0 Å². The van der Waals surface area contributed by atoms with Crippen molar-refractivity contribution in [2.45, 2.75) is 179 Å². The Balaban J connectivity index is 2.20. The third-order valence-electron chi connectivity index (χ3n) is 11.7. The van der Waals surface area contributed by atoms with Crippen LogP contribution >= 0.6 is 0 Å². The molecule has 0 saturated carbocycles. The molecule has 3 unspecified atom stereocenters. The van der Waals surface area contributed by atoms with Crippen LogP contribution in [0.3, 0.4) is 0 Å². The molecule has 3 aliphatic heterocycles. The van der Waals surface area contributed by atoms with Crippen molar-refractivity contribution in [3.8, 4) is 0 Å². The van der Waals surface area contributed by atoms with Crippen molar-refractivity contribution in [2.75, 3.05) is 21.1 Å². The summed E-state index contributed by atoms with van der Waals surface area (Å²) in [6.45, 7) is 13.2. The monoisotopic (exact) mass is 737 g/mol. The number of ether oxygens (including phenoxy) is 6. The maximum Gasteiger partial charge on any atom is 0.311 e. The highest BCUT2D eigenvalue weighted by Gasteiger charge is 2.53. The summed E-state index contributed by atoms with van der Waals surface area (Å²) in [5.41, 5.74) is -5.07. The minimum atomic E-state index is -2.55. The van der Waals surface area contributed by atoms with Gasteiger partial charge in [0.25, 0.3) is 0 Å². The molecular weight excluding hydrogens is 667 g/mol. The van der Waals surface area contributed by atoms with Gasteiger partial charge < -0.3 is 58.9 Å². The Labute approximate surface area is 308 Å². The lowest BCUT2D eigenvalue weighted by Gasteiger charge is -2.49. The van der Waals surface area contributed by atoms with Crippen LogP contribution in [0.4, 0.5) is 0 Å². The Morgan fingerprint density at radius 2 is 1.57 bits per heavy atom. The van der Waals surface area contributed by atoms with Gasteiger partial charge in [-0.15, -0.1) is 0 Å². The van der Waals surface area contributed by atoms with E-state index < -0.39 is 127 Å². The molecule has 51 heavy (non-hydrogen) atoms. The second kappa shape index (κ2) is 17.0. The molecule has 0 spiro atoms. The van der Waals surface area contributed by atoms with Gasteiger partial charge in [-0.1, -0.05) is 27.7 Å². The molecule has 298 valence electrons. The molecular formula is C37H67NO13. The van der Waals surface area contributed by atoms with Crippen molar-refractivity contribution in [3.63, 3.8) is 0 Å². The van der Waals surface area contributed by atoms with E-state index in [1.54, 1.807) is 48.5 Å². The van der Waals surface area contributed by atoms with Gasteiger partial charge in [0.2, 0.25) is 0 Å². The van der Waals surface area contributed by atoms with E-state index in [-0.39, 0.29) is 25.7 Å². The van der Waals surface area contributed by atoms with Crippen molar-refractivity contribution in [1.29, 1.82) is 0 Å². The highest BCUT2D eigenvalue weighted by molar-refractivity contribution is 5.83. The van der Waals surface area contributed by atoms with Crippen LogP contribution in [0.1, 0.15) is 99.0 Å². The molecule has 0 aromatic heterocycles. The number of nitrogens with zero attached hydrogens (tertiary/aromatic N) is 1. The zero-order valence-corrected chi connectivity index (χ0v) is 32.4. The molecule has 0 amide bonds. The number of aliphatic hydroxyl groups excluding tert-OH is 3. The van der Waals surface area contributed by atoms with E-state index in [1.165, 1.54) is 34.9 Å². The van der Waals surface area contributed by atoms with Gasteiger partial charge in [0.05, 0.1) is 47.6 Å². The van der Waals surface area contributed by atoms with Gasteiger partial charge in [0.15, 0.2) is 12.6 Å². The predicted octanol–water partition coefficient (Wildman–Crippen LogP) is 1.79. The number of hydrogen-bond acceptors (Lipinski definition) is 14. The van der Waals surface area contributed by atoms with Crippen molar-refractivity contribution in [3.05, 3.63) is 0 Å². The molecule has 0 radical (unpaired) electrons. The zero-order chi connectivity index (χ0) is 41.5. The molecule has 18 atom stereocenters. The number of ketones is 1. The third-order valence-corrected chi connectivity index (χ3v) is 11.7. The molecule has 3 aliphatic rings. The fourth-order valence-electron chi connectivity index (χ4n) is 8.28. The van der Waals surface area contributed by atoms with Crippen LogP contribution in [0.15, 0.2) is 0 Å². The van der Waals surface area contributed by atoms with Crippen molar-refractivity contribution in [1.82, 2.24) is 4.90 Å². The summed E-state index contributed by atoms with van der Waals surface area (Å²) in [4.78, 5) is 29.0. The van der Waals surface area contributed by atoms with E-state index in [0.29, 0.717) is 0 Å². The first-order chi connectivity index (χ1) is 24.6. The quantitative estimate of drug-likeness (QED) is 0.188. The smallest absolute Gasteiger partial charge is 0.311 e. The SMILES string of the molecule is [2H][13C]([2H])([2H])N(C)[C@H]1C[C@@H](C)O[C@@H](O[C@@H]2[C@@H](C)C(O[C@H]3C[C@@](C)(OC)[C@@H](O)[C@H](C)O3)[C@@H](C)C(=O)OC(CC)[C@@](C)(O)[C@H](O)C(C)C(=O)[C@H](C)C[C@@]2(C)O)[C@@H]1O. The number of carbonyl (C=O) groups excluding carboxylic acids is 2. The number of methoxy groups -OCH3 is 1. The first kappa shape index (κ1) is 39.4. The highest BCUT2D eigenvalue weighted by Crippen LogP contribution is 2.40. The molecule has 0 aliphatic carbocycles. The molecule has 0 bridgehead atoms. The Hall–Kier alpha value is -1.30. The summed E-state index contributed by atoms with van der Waals surface area (Å²) < 4.78 is 60.7. The van der Waals surface area contributed by atoms with E-state index in [2.05, 4.69) is 0 Å². The Kier molecular flexibility index (Phi) is 13.1. The van der Waals surface area contributed by atoms with Crippen LogP contribution in [0, 0.1) is 23.7 Å². The molecule has 14 nitrogen and oxygen atoms in total. The van der Waals surface area contributed by atoms with Gasteiger partial charge in [0, 0.05) is 41.4 Å². The summed E-state index contributed by atoms with van der Waals surface area (Å²) in [5, 5.41) is 57.8. The normalized spacial score (nSPS) is 50.9. The minimum Gasteiger partial charge on any atom is -0.459 e. The van der Waals surface area contributed by atoms with Gasteiger partial charge in [-0.25, -0.2) is 0 Å². The van der Waals surface area contributed by atoms with Crippen molar-refractivity contribution < 1.29 is 67.7 Å². The maximum atomic E-state index is 14.1. The fourth-order valence-corrected chi connectivity index (χ4v) is 8.28. The van der Waals surface area contributed by atoms with Crippen LogP contribution in [0.25, 0.3) is 0 Å². The van der Waals surface area contributed by atoms with E-state index in [9.17, 15) is 35.1 Å². The van der Waals surface area contributed by atoms with Gasteiger partial charge >= 0.3 is 5.97 Å². The topological polar surface area (TPSA) is 194 Å². The first-order valence-electron chi connectivity index (χ1n) is 19.8. The summed E-state index contributed by atoms with van der Waals surface area (Å²) in [6.07, 6.45) is -11.7. The molecule has 5 N–H and O–H groups in total. The second-order valence-electron chi connectivity index (χ2n) is 16.1. The predicted molar refractivity (Wildman–Crippen MR) is 186 cm³/mol. The molecule has 3 rings (SSSR count). The summed E-state index contributed by atoms with van der Waals surface area (Å²) >= 11 is 0. The molecule has 14 heteroatoms. The largest absolute Gasteiger partial charge is 0.459 e. The molecule has 0 aromatic carbocycles. The average molecular weight is 738 g/mol. The van der Waals surface area contributed by atoms with Crippen molar-refractivity contribution >= 4 is 11.8 Å². The molecule has 3 heterocycles. The van der Waals surface area contributed by atoms with Gasteiger partial charge in [-0.05, 0) is 74.8 Å². The lowest BCUT2D eigenvalue weighted by molar-refractivity contribution is -0.318. The maximum absolute atomic E-state index is 14.1. The van der Waals surface area contributed by atoms with Gasteiger partial charge in [-0.2, -0.15) is 0 Å². The van der Waals surface area contributed by atoms with Crippen LogP contribution < -0.4 is 0 Å². The number of hydrogen-bond donors (Lipinski definition) is 5. The number of cyclic esters (lactones) is 1. The number of carbonyl (C=O) groups is 2. The first-order valence-corrected chi connectivity index (χ1v) is 18.3. The number of esters is 1. The fraction of sp³-hybridized carbons (Fsp3) is 0.946. The number of aliphatic hydroxyl groups is 5. The summed E-state index contributed by atoms with van der Waals surface area (Å²) in [7, 11) is 2.82. The lowest BCUT2D eigenvalue weighted by atomic mass is 9.74. The van der Waals surface area contributed by atoms with E-state index in [0.717, 1.165) is 4.90 Å². The summed E-state index contributed by atoms with van der Waals surface area (Å²) in [6, 6.07) is -0.928. The average Bonchev–Trinajstić information content (AvgIpc) is 3.08. The number of rotatable bonds is 7. The Morgan fingerprint density at radius 3 is 2.14 bits per heavy atom. The Morgan fingerprint density at radius 1 is 0.941 bits per heavy atom.